The molecule has 0 saturated carbocycles. The van der Waals surface area contributed by atoms with Crippen molar-refractivity contribution >= 4 is 20.8 Å². The molecule has 1 saturated heterocycles. The van der Waals surface area contributed by atoms with Crippen LogP contribution in [0.5, 0.6) is 11.5 Å². The fourth-order valence-corrected chi connectivity index (χ4v) is 5.65. The Morgan fingerprint density at radius 2 is 1.36 bits per heavy atom. The molecule has 0 aromatic heterocycles. The van der Waals surface area contributed by atoms with Crippen LogP contribution < -0.4 is 4.74 Å². The summed E-state index contributed by atoms with van der Waals surface area (Å²) in [4.78, 5) is 2.65. The summed E-state index contributed by atoms with van der Waals surface area (Å²) in [6.45, 7) is 3.10. The van der Waals surface area contributed by atoms with Crippen LogP contribution in [0.3, 0.4) is 0 Å². The zero-order chi connectivity index (χ0) is 22.7. The Labute approximate surface area is 194 Å². The van der Waals surface area contributed by atoms with Gasteiger partial charge >= 0.3 is 0 Å². The van der Waals surface area contributed by atoms with E-state index in [2.05, 4.69) is 11.0 Å². The lowest BCUT2D eigenvalue weighted by Crippen LogP contribution is -2.48. The predicted octanol–water partition coefficient (Wildman–Crippen LogP) is 5.14. The van der Waals surface area contributed by atoms with Crippen LogP contribution in [0.2, 0.25) is 0 Å². The van der Waals surface area contributed by atoms with Gasteiger partial charge in [0.15, 0.2) is 0 Å². The van der Waals surface area contributed by atoms with Gasteiger partial charge in [-0.2, -0.15) is 4.31 Å². The largest absolute Gasteiger partial charge is 0.457 e. The van der Waals surface area contributed by atoms with E-state index in [1.807, 2.05) is 78.9 Å². The smallest absolute Gasteiger partial charge is 0.243 e. The van der Waals surface area contributed by atoms with Gasteiger partial charge in [0.1, 0.15) is 11.5 Å². The molecule has 4 aromatic carbocycles. The van der Waals surface area contributed by atoms with Crippen LogP contribution in [0, 0.1) is 0 Å². The number of hydrogen-bond acceptors (Lipinski definition) is 4. The maximum atomic E-state index is 13.2. The molecule has 0 bridgehead atoms. The minimum atomic E-state index is -3.50. The average Bonchev–Trinajstić information content (AvgIpc) is 2.85. The highest BCUT2D eigenvalue weighted by atomic mass is 32.2. The SMILES string of the molecule is O=S(=O)(c1ccc2ccccc2c1)N1CCN(Cc2cccc(Oc3ccccc3)c2)CC1. The zero-order valence-electron chi connectivity index (χ0n) is 18.3. The lowest BCUT2D eigenvalue weighted by atomic mass is 10.1. The highest BCUT2D eigenvalue weighted by molar-refractivity contribution is 7.89. The second kappa shape index (κ2) is 9.35. The van der Waals surface area contributed by atoms with Crippen molar-refractivity contribution in [2.45, 2.75) is 11.4 Å². The minimum Gasteiger partial charge on any atom is -0.457 e. The highest BCUT2D eigenvalue weighted by Crippen LogP contribution is 2.25. The van der Waals surface area contributed by atoms with Gasteiger partial charge in [0, 0.05) is 32.7 Å². The minimum absolute atomic E-state index is 0.361. The molecule has 0 radical (unpaired) electrons. The molecule has 6 heteroatoms. The van der Waals surface area contributed by atoms with Gasteiger partial charge in [-0.3, -0.25) is 4.90 Å². The number of para-hydroxylation sites is 1. The molecule has 5 nitrogen and oxygen atoms in total. The number of ether oxygens (including phenoxy) is 1. The molecule has 0 unspecified atom stereocenters. The summed E-state index contributed by atoms with van der Waals surface area (Å²) in [7, 11) is -3.50. The van der Waals surface area contributed by atoms with E-state index in [-0.39, 0.29) is 0 Å². The number of sulfonamides is 1. The van der Waals surface area contributed by atoms with Crippen molar-refractivity contribution in [1.82, 2.24) is 9.21 Å². The number of piperazine rings is 1. The molecule has 1 heterocycles. The second-order valence-electron chi connectivity index (χ2n) is 8.25. The van der Waals surface area contributed by atoms with Crippen molar-refractivity contribution in [1.29, 1.82) is 0 Å². The number of hydrogen-bond donors (Lipinski definition) is 0. The fraction of sp³-hybridized carbons (Fsp3) is 0.185. The summed E-state index contributed by atoms with van der Waals surface area (Å²) in [6.07, 6.45) is 0. The molecule has 0 amide bonds. The van der Waals surface area contributed by atoms with Gasteiger partial charge in [0.25, 0.3) is 0 Å². The first-order valence-corrected chi connectivity index (χ1v) is 12.6. The molecule has 4 aromatic rings. The highest BCUT2D eigenvalue weighted by Gasteiger charge is 2.28. The summed E-state index contributed by atoms with van der Waals surface area (Å²) in [5.41, 5.74) is 1.15. The van der Waals surface area contributed by atoms with Gasteiger partial charge in [-0.1, -0.05) is 60.7 Å². The van der Waals surface area contributed by atoms with E-state index in [1.54, 1.807) is 16.4 Å². The molecule has 0 spiro atoms. The molecule has 33 heavy (non-hydrogen) atoms. The van der Waals surface area contributed by atoms with E-state index in [4.69, 9.17) is 4.74 Å². The van der Waals surface area contributed by atoms with Crippen LogP contribution in [0.4, 0.5) is 0 Å². The molecule has 1 fully saturated rings. The summed E-state index contributed by atoms with van der Waals surface area (Å²) in [6, 6.07) is 31.0. The van der Waals surface area contributed by atoms with Gasteiger partial charge in [0.2, 0.25) is 10.0 Å². The van der Waals surface area contributed by atoms with Crippen LogP contribution in [-0.2, 0) is 16.6 Å². The van der Waals surface area contributed by atoms with Crippen molar-refractivity contribution in [3.63, 3.8) is 0 Å². The van der Waals surface area contributed by atoms with Gasteiger partial charge < -0.3 is 4.74 Å². The first kappa shape index (κ1) is 21.6. The third kappa shape index (κ3) is 4.93. The van der Waals surface area contributed by atoms with Crippen LogP contribution in [0.15, 0.2) is 102 Å². The quantitative estimate of drug-likeness (QED) is 0.402. The Hall–Kier alpha value is -3.19. The van der Waals surface area contributed by atoms with Crippen LogP contribution >= 0.6 is 0 Å². The van der Waals surface area contributed by atoms with Gasteiger partial charge in [-0.15, -0.1) is 0 Å². The summed E-state index contributed by atoms with van der Waals surface area (Å²) in [5.74, 6) is 1.61. The Morgan fingerprint density at radius 1 is 0.667 bits per heavy atom. The molecular formula is C27H26N2O3S. The van der Waals surface area contributed by atoms with Crippen molar-refractivity contribution in [2.24, 2.45) is 0 Å². The number of benzene rings is 4. The third-order valence-electron chi connectivity index (χ3n) is 5.97. The van der Waals surface area contributed by atoms with Crippen LogP contribution in [0.25, 0.3) is 10.8 Å². The molecule has 5 rings (SSSR count). The molecule has 168 valence electrons. The normalized spacial score (nSPS) is 15.5. The maximum Gasteiger partial charge on any atom is 0.243 e. The number of nitrogens with zero attached hydrogens (tertiary/aromatic N) is 2. The van der Waals surface area contributed by atoms with E-state index in [0.29, 0.717) is 31.1 Å². The predicted molar refractivity (Wildman–Crippen MR) is 131 cm³/mol. The average molecular weight is 459 g/mol. The Bertz CT molecular complexity index is 1350. The molecule has 0 N–H and O–H groups in total. The Morgan fingerprint density at radius 3 is 2.15 bits per heavy atom. The van der Waals surface area contributed by atoms with Crippen LogP contribution in [0.1, 0.15) is 5.56 Å². The van der Waals surface area contributed by atoms with Crippen molar-refractivity contribution in [3.8, 4) is 11.5 Å². The Kier molecular flexibility index (Phi) is 6.13. The standard InChI is InChI=1S/C27H26N2O3S/c30-33(31,27-14-13-23-8-4-5-9-24(23)20-27)29-17-15-28(16-18-29)21-22-7-6-12-26(19-22)32-25-10-2-1-3-11-25/h1-14,19-20H,15-18,21H2. The van der Waals surface area contributed by atoms with Gasteiger partial charge in [-0.25, -0.2) is 8.42 Å². The second-order valence-corrected chi connectivity index (χ2v) is 10.2. The fourth-order valence-electron chi connectivity index (χ4n) is 4.20. The van der Waals surface area contributed by atoms with Crippen molar-refractivity contribution in [3.05, 3.63) is 103 Å². The number of rotatable bonds is 6. The molecule has 0 atom stereocenters. The topological polar surface area (TPSA) is 49.9 Å². The Balaban J connectivity index is 1.22. The van der Waals surface area contributed by atoms with E-state index >= 15 is 0 Å². The molecular weight excluding hydrogens is 432 g/mol. The molecule has 1 aliphatic rings. The first-order valence-electron chi connectivity index (χ1n) is 11.1. The van der Waals surface area contributed by atoms with E-state index in [9.17, 15) is 8.42 Å². The summed E-state index contributed by atoms with van der Waals surface area (Å²) >= 11 is 0. The summed E-state index contributed by atoms with van der Waals surface area (Å²) in [5, 5.41) is 1.98. The van der Waals surface area contributed by atoms with E-state index in [1.165, 1.54) is 0 Å². The maximum absolute atomic E-state index is 13.2. The molecule has 1 aliphatic heterocycles. The van der Waals surface area contributed by atoms with Crippen LogP contribution in [-0.4, -0.2) is 43.8 Å². The van der Waals surface area contributed by atoms with E-state index < -0.39 is 10.0 Å². The number of fused-ring (bicyclic) bond motifs is 1. The third-order valence-corrected chi connectivity index (χ3v) is 7.87. The monoisotopic (exact) mass is 458 g/mol. The molecule has 0 aliphatic carbocycles. The zero-order valence-corrected chi connectivity index (χ0v) is 19.1. The van der Waals surface area contributed by atoms with E-state index in [0.717, 1.165) is 34.4 Å². The van der Waals surface area contributed by atoms with Gasteiger partial charge in [-0.05, 0) is 52.7 Å². The lowest BCUT2D eigenvalue weighted by molar-refractivity contribution is 0.181. The summed E-state index contributed by atoms with van der Waals surface area (Å²) < 4.78 is 34.0. The lowest BCUT2D eigenvalue weighted by Gasteiger charge is -2.34. The van der Waals surface area contributed by atoms with Crippen molar-refractivity contribution in [2.75, 3.05) is 26.2 Å². The van der Waals surface area contributed by atoms with Gasteiger partial charge in [0.05, 0.1) is 4.90 Å². The van der Waals surface area contributed by atoms with Crippen molar-refractivity contribution < 1.29 is 13.2 Å². The first-order chi connectivity index (χ1) is 16.1.